The van der Waals surface area contributed by atoms with Crippen molar-refractivity contribution in [2.75, 3.05) is 20.7 Å². The van der Waals surface area contributed by atoms with Gasteiger partial charge in [-0.3, -0.25) is 9.59 Å². The van der Waals surface area contributed by atoms with E-state index in [9.17, 15) is 14.4 Å². The molecule has 0 aliphatic carbocycles. The molecule has 196 valence electrons. The zero-order chi connectivity index (χ0) is 27.0. The van der Waals surface area contributed by atoms with Crippen LogP contribution in [0.3, 0.4) is 0 Å². The van der Waals surface area contributed by atoms with Gasteiger partial charge in [-0.2, -0.15) is 0 Å². The Morgan fingerprint density at radius 1 is 1.09 bits per heavy atom. The van der Waals surface area contributed by atoms with E-state index >= 15 is 0 Å². The predicted molar refractivity (Wildman–Crippen MR) is 141 cm³/mol. The minimum absolute atomic E-state index is 0.0466. The number of likely N-dealkylation sites (N-methyl/N-ethyl adjacent to an activating group) is 2. The maximum atomic E-state index is 13.8. The molecule has 0 fully saturated rings. The summed E-state index contributed by atoms with van der Waals surface area (Å²) in [6.07, 6.45) is 2.25. The molecule has 1 rings (SSSR count). The molecule has 3 atom stereocenters. The molecule has 2 N–H and O–H groups in total. The predicted octanol–water partition coefficient (Wildman–Crippen LogP) is 3.73. The van der Waals surface area contributed by atoms with E-state index in [0.717, 1.165) is 5.56 Å². The van der Waals surface area contributed by atoms with Gasteiger partial charge in [0.1, 0.15) is 6.04 Å². The highest BCUT2D eigenvalue weighted by Crippen LogP contribution is 2.25. The number of esters is 1. The monoisotopic (exact) mass is 487 g/mol. The maximum absolute atomic E-state index is 13.8. The number of benzene rings is 1. The first kappa shape index (κ1) is 30.4. The van der Waals surface area contributed by atoms with Crippen LogP contribution in [0.25, 0.3) is 0 Å². The Kier molecular flexibility index (Phi) is 11.2. The second kappa shape index (κ2) is 12.9. The quantitative estimate of drug-likeness (QED) is 0.367. The first-order valence-corrected chi connectivity index (χ1v) is 12.3. The molecule has 0 heterocycles. The first-order valence-electron chi connectivity index (χ1n) is 12.3. The molecule has 0 bridgehead atoms. The summed E-state index contributed by atoms with van der Waals surface area (Å²) in [5, 5.41) is 6.18. The summed E-state index contributed by atoms with van der Waals surface area (Å²) >= 11 is 0. The molecule has 7 nitrogen and oxygen atoms in total. The van der Waals surface area contributed by atoms with Crippen LogP contribution in [0.15, 0.2) is 42.0 Å². The van der Waals surface area contributed by atoms with Gasteiger partial charge in [0.25, 0.3) is 0 Å². The average molecular weight is 488 g/mol. The molecule has 0 aliphatic heterocycles. The standard InChI is InChI=1S/C28H45N3O4/c1-11-35-25(33)20(4)17-22(19(2)3)31(10)24(32)23(27(5,6)7)30-26(34)28(8,29-9)18-21-15-13-12-14-16-21/h12-17,19,22-23,29H,11,18H2,1-10H3,(H,30,34)/b20-17+/t22-,23-,28?/m1/s1. The lowest BCUT2D eigenvalue weighted by Gasteiger charge is -2.39. The second-order valence-electron chi connectivity index (χ2n) is 10.8. The van der Waals surface area contributed by atoms with Crippen LogP contribution in [0.2, 0.25) is 0 Å². The van der Waals surface area contributed by atoms with E-state index in [1.54, 1.807) is 38.9 Å². The fraction of sp³-hybridized carbons (Fsp3) is 0.607. The lowest BCUT2D eigenvalue weighted by Crippen LogP contribution is -2.63. The van der Waals surface area contributed by atoms with Crippen molar-refractivity contribution in [2.24, 2.45) is 11.3 Å². The highest BCUT2D eigenvalue weighted by Gasteiger charge is 2.41. The van der Waals surface area contributed by atoms with E-state index in [0.29, 0.717) is 12.0 Å². The molecule has 35 heavy (non-hydrogen) atoms. The SMILES string of the molecule is CCOC(=O)/C(C)=C/[C@H](C(C)C)N(C)C(=O)[C@@H](NC(=O)C(C)(Cc1ccccc1)NC)C(C)(C)C. The Hall–Kier alpha value is -2.67. The minimum Gasteiger partial charge on any atom is -0.463 e. The molecule has 0 spiro atoms. The third kappa shape index (κ3) is 8.49. The van der Waals surface area contributed by atoms with Crippen molar-refractivity contribution >= 4 is 17.8 Å². The minimum atomic E-state index is -0.901. The average Bonchev–Trinajstić information content (AvgIpc) is 2.79. The van der Waals surface area contributed by atoms with Crippen LogP contribution in [-0.2, 0) is 25.5 Å². The summed E-state index contributed by atoms with van der Waals surface area (Å²) in [6, 6.07) is 8.68. The lowest BCUT2D eigenvalue weighted by atomic mass is 9.83. The fourth-order valence-electron chi connectivity index (χ4n) is 3.90. The van der Waals surface area contributed by atoms with Gasteiger partial charge in [-0.15, -0.1) is 0 Å². The zero-order valence-electron chi connectivity index (χ0n) is 23.2. The van der Waals surface area contributed by atoms with Crippen molar-refractivity contribution in [2.45, 2.75) is 79.4 Å². The Balaban J connectivity index is 3.23. The van der Waals surface area contributed by atoms with Gasteiger partial charge >= 0.3 is 5.97 Å². The fourth-order valence-corrected chi connectivity index (χ4v) is 3.90. The van der Waals surface area contributed by atoms with Crippen molar-refractivity contribution in [3.63, 3.8) is 0 Å². The molecule has 1 aromatic carbocycles. The normalized spacial score (nSPS) is 15.7. The van der Waals surface area contributed by atoms with Crippen molar-refractivity contribution in [3.05, 3.63) is 47.5 Å². The van der Waals surface area contributed by atoms with E-state index in [2.05, 4.69) is 10.6 Å². The molecule has 0 radical (unpaired) electrons. The Bertz CT molecular complexity index is 889. The number of hydrogen-bond donors (Lipinski definition) is 2. The summed E-state index contributed by atoms with van der Waals surface area (Å²) in [5.41, 5.74) is 0.0348. The van der Waals surface area contributed by atoms with Crippen LogP contribution >= 0.6 is 0 Å². The molecule has 0 saturated heterocycles. The number of carbonyl (C=O) groups is 3. The van der Waals surface area contributed by atoms with Gasteiger partial charge in [-0.1, -0.05) is 71.0 Å². The van der Waals surface area contributed by atoms with Crippen molar-refractivity contribution in [3.8, 4) is 0 Å². The van der Waals surface area contributed by atoms with E-state index in [1.165, 1.54) is 0 Å². The molecular weight excluding hydrogens is 442 g/mol. The second-order valence-corrected chi connectivity index (χ2v) is 10.8. The number of amides is 2. The zero-order valence-corrected chi connectivity index (χ0v) is 23.2. The number of nitrogens with zero attached hydrogens (tertiary/aromatic N) is 1. The molecule has 7 heteroatoms. The van der Waals surface area contributed by atoms with Crippen LogP contribution in [-0.4, -0.2) is 61.0 Å². The van der Waals surface area contributed by atoms with E-state index < -0.39 is 23.0 Å². The van der Waals surface area contributed by atoms with Crippen LogP contribution in [0, 0.1) is 11.3 Å². The molecule has 2 amide bonds. The van der Waals surface area contributed by atoms with Crippen LogP contribution in [0.1, 0.15) is 61.0 Å². The molecule has 1 unspecified atom stereocenters. The summed E-state index contributed by atoms with van der Waals surface area (Å²) in [6.45, 7) is 15.4. The maximum Gasteiger partial charge on any atom is 0.333 e. The molecule has 0 saturated carbocycles. The number of carbonyl (C=O) groups excluding carboxylic acids is 3. The molecular formula is C28H45N3O4. The number of hydrogen-bond acceptors (Lipinski definition) is 5. The Morgan fingerprint density at radius 2 is 1.66 bits per heavy atom. The lowest BCUT2D eigenvalue weighted by molar-refractivity contribution is -0.141. The van der Waals surface area contributed by atoms with E-state index in [-0.39, 0.29) is 30.4 Å². The van der Waals surface area contributed by atoms with Gasteiger partial charge in [0.15, 0.2) is 0 Å². The van der Waals surface area contributed by atoms with Crippen molar-refractivity contribution in [1.29, 1.82) is 0 Å². The first-order chi connectivity index (χ1) is 16.2. The summed E-state index contributed by atoms with van der Waals surface area (Å²) in [7, 11) is 3.47. The van der Waals surface area contributed by atoms with Gasteiger partial charge < -0.3 is 20.3 Å². The molecule has 1 aromatic rings. The number of rotatable bonds is 11. The van der Waals surface area contributed by atoms with Crippen LogP contribution in [0.4, 0.5) is 0 Å². The third-order valence-corrected chi connectivity index (χ3v) is 6.34. The third-order valence-electron chi connectivity index (χ3n) is 6.34. The van der Waals surface area contributed by atoms with Gasteiger partial charge in [0.05, 0.1) is 18.2 Å². The highest BCUT2D eigenvalue weighted by atomic mass is 16.5. The van der Waals surface area contributed by atoms with Gasteiger partial charge in [-0.05, 0) is 51.1 Å². The Labute approximate surface area is 211 Å². The van der Waals surface area contributed by atoms with Crippen LogP contribution in [0.5, 0.6) is 0 Å². The van der Waals surface area contributed by atoms with E-state index in [1.807, 2.05) is 71.9 Å². The summed E-state index contributed by atoms with van der Waals surface area (Å²) < 4.78 is 5.10. The van der Waals surface area contributed by atoms with Gasteiger partial charge in [-0.25, -0.2) is 4.79 Å². The largest absolute Gasteiger partial charge is 0.463 e. The summed E-state index contributed by atoms with van der Waals surface area (Å²) in [4.78, 5) is 41.1. The molecule has 0 aromatic heterocycles. The van der Waals surface area contributed by atoms with Gasteiger partial charge in [0, 0.05) is 12.6 Å². The summed E-state index contributed by atoms with van der Waals surface area (Å²) in [5.74, 6) is -0.809. The highest BCUT2D eigenvalue weighted by molar-refractivity contribution is 5.93. The Morgan fingerprint density at radius 3 is 2.11 bits per heavy atom. The number of nitrogens with one attached hydrogen (secondary N) is 2. The smallest absolute Gasteiger partial charge is 0.333 e. The van der Waals surface area contributed by atoms with Crippen LogP contribution < -0.4 is 10.6 Å². The van der Waals surface area contributed by atoms with Crippen molar-refractivity contribution in [1.82, 2.24) is 15.5 Å². The molecule has 0 aliphatic rings. The topological polar surface area (TPSA) is 87.7 Å². The van der Waals surface area contributed by atoms with E-state index in [4.69, 9.17) is 4.74 Å². The van der Waals surface area contributed by atoms with Gasteiger partial charge in [0.2, 0.25) is 11.8 Å². The van der Waals surface area contributed by atoms with Crippen molar-refractivity contribution < 1.29 is 19.1 Å². The number of ether oxygens (including phenoxy) is 1.